The molecule has 1 N–H and O–H groups in total. The molecule has 0 spiro atoms. The minimum atomic E-state index is -2.76. The Morgan fingerprint density at radius 3 is 1.76 bits per heavy atom. The zero-order valence-electron chi connectivity index (χ0n) is 15.5. The van der Waals surface area contributed by atoms with E-state index in [-0.39, 0.29) is 0 Å². The maximum absolute atomic E-state index is 13.7. The van der Waals surface area contributed by atoms with Gasteiger partial charge in [0.2, 0.25) is 7.29 Å². The highest BCUT2D eigenvalue weighted by atomic mass is 31.2. The summed E-state index contributed by atoms with van der Waals surface area (Å²) < 4.78 is 13.7. The molecule has 0 saturated carbocycles. The van der Waals surface area contributed by atoms with Crippen LogP contribution in [-0.4, -0.2) is 31.1 Å². The van der Waals surface area contributed by atoms with E-state index in [1.54, 1.807) is 0 Å². The first-order chi connectivity index (χ1) is 12.2. The van der Waals surface area contributed by atoms with Gasteiger partial charge in [0.05, 0.1) is 0 Å². The molecule has 0 radical (unpaired) electrons. The molecule has 0 unspecified atom stereocenters. The summed E-state index contributed by atoms with van der Waals surface area (Å²) in [5.74, 6) is 0. The lowest BCUT2D eigenvalue weighted by molar-refractivity contribution is 0.344. The highest BCUT2D eigenvalue weighted by Gasteiger charge is 2.26. The Hall–Kier alpha value is -1.41. The molecule has 0 aliphatic carbocycles. The summed E-state index contributed by atoms with van der Waals surface area (Å²) in [5, 5.41) is 5.12. The summed E-state index contributed by atoms with van der Waals surface area (Å²) in [5.41, 5.74) is 0. The third kappa shape index (κ3) is 5.81. The largest absolute Gasteiger partial charge is 0.302 e. The number of benzene rings is 2. The van der Waals surface area contributed by atoms with Gasteiger partial charge in [-0.15, -0.1) is 0 Å². The van der Waals surface area contributed by atoms with E-state index in [9.17, 15) is 4.57 Å². The quantitative estimate of drug-likeness (QED) is 0.792. The number of nitrogens with one attached hydrogen (secondary N) is 1. The van der Waals surface area contributed by atoms with E-state index in [2.05, 4.69) is 23.8 Å². The summed E-state index contributed by atoms with van der Waals surface area (Å²) in [6.45, 7) is 8.30. The lowest BCUT2D eigenvalue weighted by atomic mass is 10.4. The Balaban J connectivity index is 0.000000701. The predicted molar refractivity (Wildman–Crippen MR) is 109 cm³/mol. The third-order valence-corrected chi connectivity index (χ3v) is 6.92. The smallest absolute Gasteiger partial charge is 0.204 e. The topological polar surface area (TPSA) is 32.3 Å². The SMILES string of the molecule is CCC.O=P(NCCN1CCCC1)(c1ccccc1)c1ccccc1. The minimum Gasteiger partial charge on any atom is -0.302 e. The molecule has 3 rings (SSSR count). The molecule has 1 heterocycles. The maximum atomic E-state index is 13.7. The van der Waals surface area contributed by atoms with Gasteiger partial charge in [0.1, 0.15) is 0 Å². The fourth-order valence-electron chi connectivity index (χ4n) is 2.98. The van der Waals surface area contributed by atoms with Crippen LogP contribution >= 0.6 is 7.29 Å². The van der Waals surface area contributed by atoms with Gasteiger partial charge in [-0.2, -0.15) is 0 Å². The van der Waals surface area contributed by atoms with Crippen LogP contribution in [0.2, 0.25) is 0 Å². The van der Waals surface area contributed by atoms with Crippen LogP contribution in [0.3, 0.4) is 0 Å². The molecular weight excluding hydrogens is 327 g/mol. The highest BCUT2D eigenvalue weighted by molar-refractivity contribution is 7.76. The normalized spacial score (nSPS) is 14.8. The van der Waals surface area contributed by atoms with Gasteiger partial charge in [0.15, 0.2) is 0 Å². The van der Waals surface area contributed by atoms with Crippen molar-refractivity contribution < 1.29 is 4.57 Å². The summed E-state index contributed by atoms with van der Waals surface area (Å²) in [4.78, 5) is 2.44. The molecule has 1 aliphatic heterocycles. The monoisotopic (exact) mass is 358 g/mol. The molecule has 0 amide bonds. The van der Waals surface area contributed by atoms with Crippen molar-refractivity contribution in [2.75, 3.05) is 26.2 Å². The Morgan fingerprint density at radius 2 is 1.32 bits per heavy atom. The lowest BCUT2D eigenvalue weighted by Crippen LogP contribution is -2.34. The van der Waals surface area contributed by atoms with Gasteiger partial charge in [-0.25, -0.2) is 0 Å². The minimum absolute atomic E-state index is 0.751. The van der Waals surface area contributed by atoms with E-state index >= 15 is 0 Å². The second-order valence-electron chi connectivity index (χ2n) is 6.44. The van der Waals surface area contributed by atoms with Crippen LogP contribution < -0.4 is 15.7 Å². The van der Waals surface area contributed by atoms with Gasteiger partial charge >= 0.3 is 0 Å². The molecule has 136 valence electrons. The molecule has 0 aromatic heterocycles. The number of nitrogens with zero attached hydrogens (tertiary/aromatic N) is 1. The van der Waals surface area contributed by atoms with Crippen LogP contribution in [-0.2, 0) is 4.57 Å². The van der Waals surface area contributed by atoms with E-state index in [0.29, 0.717) is 0 Å². The van der Waals surface area contributed by atoms with Crippen molar-refractivity contribution in [2.24, 2.45) is 0 Å². The average Bonchev–Trinajstić information content (AvgIpc) is 3.17. The van der Waals surface area contributed by atoms with Gasteiger partial charge < -0.3 is 4.90 Å². The van der Waals surface area contributed by atoms with E-state index in [1.807, 2.05) is 60.7 Å². The summed E-state index contributed by atoms with van der Waals surface area (Å²) in [6, 6.07) is 19.5. The van der Waals surface area contributed by atoms with Crippen molar-refractivity contribution in [3.8, 4) is 0 Å². The molecule has 4 heteroatoms. The van der Waals surface area contributed by atoms with Gasteiger partial charge in [0.25, 0.3) is 0 Å². The van der Waals surface area contributed by atoms with Gasteiger partial charge in [-0.05, 0) is 50.2 Å². The van der Waals surface area contributed by atoms with Crippen molar-refractivity contribution in [1.82, 2.24) is 9.99 Å². The molecule has 1 fully saturated rings. The van der Waals surface area contributed by atoms with Crippen molar-refractivity contribution in [2.45, 2.75) is 33.1 Å². The molecular formula is C21H31N2OP. The van der Waals surface area contributed by atoms with Gasteiger partial charge in [-0.3, -0.25) is 9.65 Å². The first-order valence-corrected chi connectivity index (χ1v) is 11.1. The van der Waals surface area contributed by atoms with Crippen LogP contribution in [0.25, 0.3) is 0 Å². The van der Waals surface area contributed by atoms with E-state index in [4.69, 9.17) is 0 Å². The van der Waals surface area contributed by atoms with Crippen LogP contribution in [0.15, 0.2) is 60.7 Å². The number of likely N-dealkylation sites (tertiary alicyclic amines) is 1. The summed E-state index contributed by atoms with van der Waals surface area (Å²) in [7, 11) is -2.76. The second-order valence-corrected chi connectivity index (χ2v) is 9.01. The number of hydrogen-bond acceptors (Lipinski definition) is 2. The maximum Gasteiger partial charge on any atom is 0.204 e. The highest BCUT2D eigenvalue weighted by Crippen LogP contribution is 2.38. The number of rotatable bonds is 6. The third-order valence-electron chi connectivity index (χ3n) is 4.20. The Morgan fingerprint density at radius 1 is 0.880 bits per heavy atom. The number of hydrogen-bond donors (Lipinski definition) is 1. The van der Waals surface area contributed by atoms with Crippen molar-refractivity contribution in [3.05, 3.63) is 60.7 Å². The van der Waals surface area contributed by atoms with Crippen molar-refractivity contribution in [3.63, 3.8) is 0 Å². The average molecular weight is 358 g/mol. The van der Waals surface area contributed by atoms with Crippen molar-refractivity contribution >= 4 is 17.9 Å². The lowest BCUT2D eigenvalue weighted by Gasteiger charge is -2.22. The van der Waals surface area contributed by atoms with Gasteiger partial charge in [-0.1, -0.05) is 56.7 Å². The molecule has 0 bridgehead atoms. The fraction of sp³-hybridized carbons (Fsp3) is 0.429. The van der Waals surface area contributed by atoms with Crippen LogP contribution in [0.1, 0.15) is 33.1 Å². The van der Waals surface area contributed by atoms with Crippen LogP contribution in [0.4, 0.5) is 0 Å². The molecule has 1 aliphatic rings. The first-order valence-electron chi connectivity index (χ1n) is 9.39. The van der Waals surface area contributed by atoms with Crippen molar-refractivity contribution in [1.29, 1.82) is 0 Å². The molecule has 25 heavy (non-hydrogen) atoms. The molecule has 2 aromatic carbocycles. The van der Waals surface area contributed by atoms with E-state index < -0.39 is 7.29 Å². The predicted octanol–water partition coefficient (Wildman–Crippen LogP) is 4.02. The Bertz CT molecular complexity index is 596. The van der Waals surface area contributed by atoms with Crippen LogP contribution in [0.5, 0.6) is 0 Å². The van der Waals surface area contributed by atoms with E-state index in [1.165, 1.54) is 32.4 Å². The Labute approximate surface area is 152 Å². The first kappa shape index (κ1) is 19.9. The summed E-state index contributed by atoms with van der Waals surface area (Å²) >= 11 is 0. The van der Waals surface area contributed by atoms with Crippen LogP contribution in [0, 0.1) is 0 Å². The fourth-order valence-corrected chi connectivity index (χ4v) is 5.24. The molecule has 1 saturated heterocycles. The zero-order valence-corrected chi connectivity index (χ0v) is 16.4. The molecule has 2 aromatic rings. The standard InChI is InChI=1S/C18H23N2OP.C3H8/c21-22(17-9-3-1-4-10-17,18-11-5-2-6-12-18)19-13-16-20-14-7-8-15-20;1-3-2/h1-6,9-12H,7-8,13-16H2,(H,19,21);3H2,1-2H3. The molecule has 0 atom stereocenters. The second kappa shape index (κ2) is 10.6. The summed E-state index contributed by atoms with van der Waals surface area (Å²) in [6.07, 6.45) is 3.82. The molecule has 3 nitrogen and oxygen atoms in total. The van der Waals surface area contributed by atoms with E-state index in [0.717, 1.165) is 23.7 Å². The Kier molecular flexibility index (Phi) is 8.40. The zero-order chi connectivity index (χ0) is 18.0. The van der Waals surface area contributed by atoms with Gasteiger partial charge in [0, 0.05) is 23.7 Å².